The first-order valence-electron chi connectivity index (χ1n) is 6.88. The van der Waals surface area contributed by atoms with Gasteiger partial charge in [-0.3, -0.25) is 0 Å². The minimum absolute atomic E-state index is 0.250. The van der Waals surface area contributed by atoms with Crippen LogP contribution in [0.1, 0.15) is 25.7 Å². The Bertz CT molecular complexity index is 566. The normalized spacial score (nSPS) is 23.7. The van der Waals surface area contributed by atoms with E-state index in [0.717, 1.165) is 17.5 Å². The van der Waals surface area contributed by atoms with Gasteiger partial charge in [0.05, 0.1) is 11.0 Å². The predicted octanol–water partition coefficient (Wildman–Crippen LogP) is 2.63. The number of aromatic nitrogens is 2. The van der Waals surface area contributed by atoms with Gasteiger partial charge in [-0.2, -0.15) is 0 Å². The molecule has 3 rings (SSSR count). The van der Waals surface area contributed by atoms with Gasteiger partial charge in [0.2, 0.25) is 5.95 Å². The first kappa shape index (κ1) is 12.4. The summed E-state index contributed by atoms with van der Waals surface area (Å²) in [6.45, 7) is 0.701. The highest BCUT2D eigenvalue weighted by atomic mass is 19.1. The third kappa shape index (κ3) is 2.56. The number of anilines is 1. The van der Waals surface area contributed by atoms with E-state index in [9.17, 15) is 4.39 Å². The zero-order chi connectivity index (χ0) is 13.2. The number of hydrogen-bond donors (Lipinski definition) is 3. The molecule has 1 heterocycles. The maximum atomic E-state index is 13.1. The highest BCUT2D eigenvalue weighted by Gasteiger charge is 2.24. The molecule has 0 spiro atoms. The number of imidazole rings is 1. The van der Waals surface area contributed by atoms with E-state index in [0.29, 0.717) is 24.5 Å². The number of aromatic amines is 1. The average molecular weight is 262 g/mol. The summed E-state index contributed by atoms with van der Waals surface area (Å²) >= 11 is 0. The number of rotatable bonds is 3. The van der Waals surface area contributed by atoms with Crippen molar-refractivity contribution in [3.05, 3.63) is 24.0 Å². The van der Waals surface area contributed by atoms with Crippen molar-refractivity contribution < 1.29 is 4.39 Å². The third-order valence-electron chi connectivity index (χ3n) is 3.98. The van der Waals surface area contributed by atoms with Crippen LogP contribution in [0.4, 0.5) is 10.3 Å². The lowest BCUT2D eigenvalue weighted by Gasteiger charge is -2.31. The topological polar surface area (TPSA) is 66.7 Å². The molecule has 1 aliphatic rings. The third-order valence-corrected chi connectivity index (χ3v) is 3.98. The first-order chi connectivity index (χ1) is 9.26. The van der Waals surface area contributed by atoms with E-state index < -0.39 is 0 Å². The quantitative estimate of drug-likeness (QED) is 0.796. The lowest BCUT2D eigenvalue weighted by molar-refractivity contribution is 0.331. The maximum absolute atomic E-state index is 13.1. The van der Waals surface area contributed by atoms with Crippen LogP contribution in [0.5, 0.6) is 0 Å². The molecule has 1 aromatic carbocycles. The van der Waals surface area contributed by atoms with Gasteiger partial charge in [0.15, 0.2) is 0 Å². The van der Waals surface area contributed by atoms with Crippen LogP contribution < -0.4 is 11.1 Å². The van der Waals surface area contributed by atoms with E-state index in [4.69, 9.17) is 5.73 Å². The van der Waals surface area contributed by atoms with Gasteiger partial charge >= 0.3 is 0 Å². The van der Waals surface area contributed by atoms with Crippen molar-refractivity contribution in [3.63, 3.8) is 0 Å². The monoisotopic (exact) mass is 262 g/mol. The molecule has 2 unspecified atom stereocenters. The molecule has 1 saturated carbocycles. The summed E-state index contributed by atoms with van der Waals surface area (Å²) in [6, 6.07) is 4.95. The van der Waals surface area contributed by atoms with E-state index in [1.54, 1.807) is 6.07 Å². The van der Waals surface area contributed by atoms with Gasteiger partial charge in [-0.1, -0.05) is 12.8 Å². The molecule has 0 saturated heterocycles. The molecule has 4 N–H and O–H groups in total. The Morgan fingerprint density at radius 3 is 3.05 bits per heavy atom. The van der Waals surface area contributed by atoms with Crippen molar-refractivity contribution in [2.45, 2.75) is 31.7 Å². The van der Waals surface area contributed by atoms with Gasteiger partial charge < -0.3 is 16.0 Å². The standard InChI is InChI=1S/C14H19FN4/c15-10-5-6-12-13(7-10)19-14(18-12)17-11-4-2-1-3-9(11)8-16/h5-7,9,11H,1-4,8,16H2,(H2,17,18,19). The van der Waals surface area contributed by atoms with Gasteiger partial charge in [0.25, 0.3) is 0 Å². The van der Waals surface area contributed by atoms with Crippen molar-refractivity contribution >= 4 is 17.0 Å². The number of benzene rings is 1. The number of nitrogens with zero attached hydrogens (tertiary/aromatic N) is 1. The second-order valence-corrected chi connectivity index (χ2v) is 5.28. The molecule has 0 bridgehead atoms. The average Bonchev–Trinajstić information content (AvgIpc) is 2.80. The van der Waals surface area contributed by atoms with Crippen molar-refractivity contribution in [2.24, 2.45) is 11.7 Å². The molecule has 5 heteroatoms. The Hall–Kier alpha value is -1.62. The number of halogens is 1. The summed E-state index contributed by atoms with van der Waals surface area (Å²) in [5.74, 6) is 0.963. The molecule has 19 heavy (non-hydrogen) atoms. The number of fused-ring (bicyclic) bond motifs is 1. The Morgan fingerprint density at radius 2 is 2.21 bits per heavy atom. The summed E-state index contributed by atoms with van der Waals surface area (Å²) in [5, 5.41) is 3.42. The van der Waals surface area contributed by atoms with Gasteiger partial charge in [0, 0.05) is 6.04 Å². The minimum atomic E-state index is -0.250. The molecule has 4 nitrogen and oxygen atoms in total. The number of hydrogen-bond acceptors (Lipinski definition) is 3. The van der Waals surface area contributed by atoms with Crippen molar-refractivity contribution in [1.82, 2.24) is 9.97 Å². The molecule has 1 fully saturated rings. The molecular weight excluding hydrogens is 243 g/mol. The minimum Gasteiger partial charge on any atom is -0.353 e. The smallest absolute Gasteiger partial charge is 0.201 e. The van der Waals surface area contributed by atoms with Crippen LogP contribution in [-0.4, -0.2) is 22.6 Å². The summed E-state index contributed by atoms with van der Waals surface area (Å²) in [7, 11) is 0. The Balaban J connectivity index is 1.80. The van der Waals surface area contributed by atoms with E-state index in [1.807, 2.05) is 0 Å². The molecule has 102 valence electrons. The van der Waals surface area contributed by atoms with Crippen LogP contribution in [0.3, 0.4) is 0 Å². The van der Waals surface area contributed by atoms with Crippen LogP contribution >= 0.6 is 0 Å². The summed E-state index contributed by atoms with van der Waals surface area (Å²) in [6.07, 6.45) is 4.77. The molecular formula is C14H19FN4. The number of H-pyrrole nitrogens is 1. The maximum Gasteiger partial charge on any atom is 0.201 e. The van der Waals surface area contributed by atoms with Gasteiger partial charge in [-0.05, 0) is 43.5 Å². The zero-order valence-electron chi connectivity index (χ0n) is 10.8. The number of nitrogens with two attached hydrogens (primary N) is 1. The lowest BCUT2D eigenvalue weighted by Crippen LogP contribution is -2.37. The fraction of sp³-hybridized carbons (Fsp3) is 0.500. The van der Waals surface area contributed by atoms with Crippen molar-refractivity contribution in [1.29, 1.82) is 0 Å². The molecule has 1 aliphatic carbocycles. The molecule has 0 aliphatic heterocycles. The second kappa shape index (κ2) is 5.17. The SMILES string of the molecule is NCC1CCCCC1Nc1nc2ccc(F)cc2[nH]1. The van der Waals surface area contributed by atoms with Crippen LogP contribution in [-0.2, 0) is 0 Å². The molecule has 0 radical (unpaired) electrons. The fourth-order valence-electron chi connectivity index (χ4n) is 2.91. The fourth-order valence-corrected chi connectivity index (χ4v) is 2.91. The first-order valence-corrected chi connectivity index (χ1v) is 6.88. The van der Waals surface area contributed by atoms with E-state index >= 15 is 0 Å². The van der Waals surface area contributed by atoms with E-state index in [1.165, 1.54) is 31.4 Å². The molecule has 0 amide bonds. The number of nitrogens with one attached hydrogen (secondary N) is 2. The zero-order valence-corrected chi connectivity index (χ0v) is 10.8. The highest BCUT2D eigenvalue weighted by Crippen LogP contribution is 2.26. The summed E-state index contributed by atoms with van der Waals surface area (Å²) in [5.41, 5.74) is 7.33. The van der Waals surface area contributed by atoms with Crippen molar-refractivity contribution in [2.75, 3.05) is 11.9 Å². The highest BCUT2D eigenvalue weighted by molar-refractivity contribution is 5.77. The summed E-state index contributed by atoms with van der Waals surface area (Å²) in [4.78, 5) is 7.57. The Morgan fingerprint density at radius 1 is 1.37 bits per heavy atom. The van der Waals surface area contributed by atoms with Gasteiger partial charge in [-0.25, -0.2) is 9.37 Å². The Kier molecular flexibility index (Phi) is 3.38. The second-order valence-electron chi connectivity index (χ2n) is 5.28. The van der Waals surface area contributed by atoms with Crippen LogP contribution in [0, 0.1) is 11.7 Å². The van der Waals surface area contributed by atoms with E-state index in [-0.39, 0.29) is 5.82 Å². The van der Waals surface area contributed by atoms with Crippen LogP contribution in [0.25, 0.3) is 11.0 Å². The Labute approximate surface area is 111 Å². The summed E-state index contributed by atoms with van der Waals surface area (Å²) < 4.78 is 13.1. The lowest BCUT2D eigenvalue weighted by atomic mass is 9.84. The largest absolute Gasteiger partial charge is 0.353 e. The van der Waals surface area contributed by atoms with E-state index in [2.05, 4.69) is 15.3 Å². The predicted molar refractivity (Wildman–Crippen MR) is 74.5 cm³/mol. The van der Waals surface area contributed by atoms with Gasteiger partial charge in [0.1, 0.15) is 5.82 Å². The van der Waals surface area contributed by atoms with Crippen LogP contribution in [0.2, 0.25) is 0 Å². The molecule has 1 aromatic heterocycles. The van der Waals surface area contributed by atoms with Crippen LogP contribution in [0.15, 0.2) is 18.2 Å². The van der Waals surface area contributed by atoms with Gasteiger partial charge in [-0.15, -0.1) is 0 Å². The molecule has 2 aromatic rings. The van der Waals surface area contributed by atoms with Crippen molar-refractivity contribution in [3.8, 4) is 0 Å². The molecule has 2 atom stereocenters.